The summed E-state index contributed by atoms with van der Waals surface area (Å²) in [5.74, 6) is 1.07. The van der Waals surface area contributed by atoms with Crippen LogP contribution in [0.25, 0.3) is 0 Å². The first kappa shape index (κ1) is 31.0. The van der Waals surface area contributed by atoms with Crippen molar-refractivity contribution in [2.24, 2.45) is 0 Å². The molecule has 0 amide bonds. The van der Waals surface area contributed by atoms with Crippen LogP contribution in [0, 0.1) is 6.92 Å². The zero-order chi connectivity index (χ0) is 27.9. The molecule has 1 N–H and O–H groups in total. The Morgan fingerprint density at radius 2 is 1.56 bits per heavy atom. The molecule has 9 heteroatoms. The minimum absolute atomic E-state index is 0.0874. The summed E-state index contributed by atoms with van der Waals surface area (Å²) in [6, 6.07) is 12.1. The van der Waals surface area contributed by atoms with Gasteiger partial charge >= 0.3 is 7.82 Å². The molecule has 0 aliphatic rings. The van der Waals surface area contributed by atoms with E-state index in [-0.39, 0.29) is 17.2 Å². The molecule has 0 saturated carbocycles. The number of aromatic nitrogens is 1. The minimum atomic E-state index is -4.49. The van der Waals surface area contributed by atoms with Crippen molar-refractivity contribution in [2.75, 3.05) is 13.7 Å². The zero-order valence-electron chi connectivity index (χ0n) is 23.5. The lowest BCUT2D eigenvalue weighted by Crippen LogP contribution is -2.30. The molecular formula is C30H43NO6PS+. The number of nitrogens with zero attached hydrogens (tertiary/aromatic N) is 1. The molecular weight excluding hydrogens is 533 g/mol. The molecule has 0 bridgehead atoms. The molecule has 0 aliphatic carbocycles. The van der Waals surface area contributed by atoms with E-state index in [1.165, 1.54) is 63.4 Å². The first-order valence-corrected chi connectivity index (χ1v) is 16.3. The van der Waals surface area contributed by atoms with Crippen LogP contribution in [0.15, 0.2) is 54.2 Å². The van der Waals surface area contributed by atoms with Crippen molar-refractivity contribution in [3.05, 3.63) is 64.6 Å². The number of methoxy groups -OCH3 is 1. The molecule has 0 saturated heterocycles. The summed E-state index contributed by atoms with van der Waals surface area (Å²) in [4.78, 5) is 11.7. The Balaban J connectivity index is 1.48. The van der Waals surface area contributed by atoms with Gasteiger partial charge in [0.05, 0.1) is 18.6 Å². The highest BCUT2D eigenvalue weighted by Gasteiger charge is 2.28. The van der Waals surface area contributed by atoms with E-state index in [0.717, 1.165) is 18.4 Å². The van der Waals surface area contributed by atoms with E-state index < -0.39 is 7.82 Å². The van der Waals surface area contributed by atoms with E-state index in [0.29, 0.717) is 18.9 Å². The maximum absolute atomic E-state index is 12.9. The lowest BCUT2D eigenvalue weighted by atomic mass is 10.1. The van der Waals surface area contributed by atoms with Crippen molar-refractivity contribution in [3.8, 4) is 23.0 Å². The molecule has 39 heavy (non-hydrogen) atoms. The Kier molecular flexibility index (Phi) is 13.1. The van der Waals surface area contributed by atoms with Crippen LogP contribution in [0.4, 0.5) is 0 Å². The predicted molar refractivity (Wildman–Crippen MR) is 156 cm³/mol. The van der Waals surface area contributed by atoms with Gasteiger partial charge in [-0.2, -0.15) is 4.57 Å². The number of ether oxygens (including phenoxy) is 2. The van der Waals surface area contributed by atoms with Crippen LogP contribution in [0.1, 0.15) is 81.6 Å². The van der Waals surface area contributed by atoms with Crippen LogP contribution in [0.5, 0.6) is 23.0 Å². The molecule has 0 radical (unpaired) electrons. The average molecular weight is 577 g/mol. The number of benzene rings is 2. The maximum atomic E-state index is 12.9. The largest absolute Gasteiger partial charge is 0.585 e. The summed E-state index contributed by atoms with van der Waals surface area (Å²) in [6.07, 6.45) is 14.5. The second kappa shape index (κ2) is 16.5. The topological polar surface area (TPSA) is 78.1 Å². The van der Waals surface area contributed by atoms with Gasteiger partial charge in [-0.1, -0.05) is 94.2 Å². The average Bonchev–Trinajstić information content (AvgIpc) is 3.31. The third-order valence-electron chi connectivity index (χ3n) is 6.32. The molecule has 1 unspecified atom stereocenters. The molecule has 3 aromatic rings. The minimum Gasteiger partial charge on any atom is -0.490 e. The highest BCUT2D eigenvalue weighted by Crippen LogP contribution is 2.49. The van der Waals surface area contributed by atoms with Crippen LogP contribution in [-0.2, 0) is 11.1 Å². The monoisotopic (exact) mass is 576 g/mol. The van der Waals surface area contributed by atoms with Crippen molar-refractivity contribution >= 4 is 19.2 Å². The number of para-hydroxylation sites is 1. The fourth-order valence-corrected chi connectivity index (χ4v) is 5.81. The van der Waals surface area contributed by atoms with Gasteiger partial charge in [0, 0.05) is 5.56 Å². The van der Waals surface area contributed by atoms with Crippen LogP contribution in [0.3, 0.4) is 0 Å². The SMILES string of the molecule is CCCCCCCCCCCCOc1cccc(OP(=O)(O)Oc2cccc(C[n+]3csc(C)c3)c2)c1OC. The number of phosphoric acid groups is 1. The molecule has 0 spiro atoms. The molecule has 1 aromatic heterocycles. The van der Waals surface area contributed by atoms with Gasteiger partial charge in [-0.15, -0.1) is 0 Å². The van der Waals surface area contributed by atoms with E-state index in [2.05, 4.69) is 17.7 Å². The third kappa shape index (κ3) is 11.2. The Morgan fingerprint density at radius 1 is 0.897 bits per heavy atom. The molecule has 2 aromatic carbocycles. The molecule has 0 fully saturated rings. The van der Waals surface area contributed by atoms with Crippen LogP contribution in [0.2, 0.25) is 0 Å². The number of rotatable bonds is 19. The number of hydrogen-bond acceptors (Lipinski definition) is 6. The first-order valence-electron chi connectivity index (χ1n) is 13.9. The van der Waals surface area contributed by atoms with Gasteiger partial charge in [-0.25, -0.2) is 4.57 Å². The van der Waals surface area contributed by atoms with Gasteiger partial charge < -0.3 is 18.5 Å². The fraction of sp³-hybridized carbons (Fsp3) is 0.500. The van der Waals surface area contributed by atoms with E-state index in [1.807, 2.05) is 18.5 Å². The maximum Gasteiger partial charge on any atom is 0.585 e. The number of unbranched alkanes of at least 4 members (excludes halogenated alkanes) is 9. The van der Waals surface area contributed by atoms with Gasteiger partial charge in [0.25, 0.3) is 0 Å². The summed E-state index contributed by atoms with van der Waals surface area (Å²) >= 11 is 1.66. The van der Waals surface area contributed by atoms with Gasteiger partial charge in [0.2, 0.25) is 11.3 Å². The summed E-state index contributed by atoms with van der Waals surface area (Å²) in [5.41, 5.74) is 2.97. The summed E-state index contributed by atoms with van der Waals surface area (Å²) in [7, 11) is -3.01. The second-order valence-electron chi connectivity index (χ2n) is 9.75. The highest BCUT2D eigenvalue weighted by atomic mass is 32.1. The fourth-order valence-electron chi connectivity index (χ4n) is 4.37. The van der Waals surface area contributed by atoms with E-state index in [1.54, 1.807) is 47.7 Å². The van der Waals surface area contributed by atoms with Crippen LogP contribution < -0.4 is 23.1 Å². The van der Waals surface area contributed by atoms with E-state index in [9.17, 15) is 9.46 Å². The van der Waals surface area contributed by atoms with Crippen molar-refractivity contribution in [1.29, 1.82) is 0 Å². The second-order valence-corrected chi connectivity index (χ2v) is 12.1. The van der Waals surface area contributed by atoms with Gasteiger partial charge in [-0.3, -0.25) is 4.89 Å². The van der Waals surface area contributed by atoms with E-state index >= 15 is 0 Å². The summed E-state index contributed by atoms with van der Waals surface area (Å²) in [5, 5.41) is 0. The normalized spacial score (nSPS) is 12.6. The summed E-state index contributed by atoms with van der Waals surface area (Å²) in [6.45, 7) is 5.46. The lowest BCUT2D eigenvalue weighted by molar-refractivity contribution is -0.683. The number of phosphoric ester groups is 1. The first-order chi connectivity index (χ1) is 18.9. The van der Waals surface area contributed by atoms with Crippen molar-refractivity contribution in [1.82, 2.24) is 0 Å². The lowest BCUT2D eigenvalue weighted by Gasteiger charge is -2.18. The van der Waals surface area contributed by atoms with E-state index in [4.69, 9.17) is 18.5 Å². The number of hydrogen-bond donors (Lipinski definition) is 1. The zero-order valence-corrected chi connectivity index (χ0v) is 25.2. The van der Waals surface area contributed by atoms with Crippen molar-refractivity contribution < 1.29 is 32.5 Å². The Morgan fingerprint density at radius 3 is 2.23 bits per heavy atom. The summed E-state index contributed by atoms with van der Waals surface area (Å²) < 4.78 is 37.1. The van der Waals surface area contributed by atoms with Crippen LogP contribution >= 0.6 is 19.2 Å². The molecule has 1 atom stereocenters. The molecule has 1 heterocycles. The molecule has 0 aliphatic heterocycles. The Bertz CT molecular complexity index is 1180. The Hall–Kier alpha value is -2.54. The van der Waals surface area contributed by atoms with Gasteiger partial charge in [0.15, 0.2) is 24.2 Å². The van der Waals surface area contributed by atoms with Crippen molar-refractivity contribution in [2.45, 2.75) is 84.6 Å². The van der Waals surface area contributed by atoms with Gasteiger partial charge in [0.1, 0.15) is 5.75 Å². The number of aryl methyl sites for hydroxylation is 1. The smallest absolute Gasteiger partial charge is 0.490 e. The Labute approximate surface area is 237 Å². The highest BCUT2D eigenvalue weighted by molar-refractivity contribution is 7.48. The molecule has 3 rings (SSSR count). The predicted octanol–water partition coefficient (Wildman–Crippen LogP) is 8.26. The molecule has 7 nitrogen and oxygen atoms in total. The van der Waals surface area contributed by atoms with Crippen molar-refractivity contribution in [3.63, 3.8) is 0 Å². The quantitative estimate of drug-likeness (QED) is 0.0879. The number of thiazole rings is 1. The van der Waals surface area contributed by atoms with Gasteiger partial charge in [-0.05, 0) is 37.6 Å². The standard InChI is InChI=1S/C30H42NO6PS/c1-4-5-6-7-8-9-10-11-12-13-20-35-28-18-15-19-29(30(28)34-3)37-38(32,33)36-27-17-14-16-26(21-27)23-31-22-25(2)39-24-31/h14-19,21-22,24H,4-13,20,23H2,1-3H3/p+1. The van der Waals surface area contributed by atoms with Crippen LogP contribution in [-0.4, -0.2) is 18.6 Å². The third-order valence-corrected chi connectivity index (χ3v) is 8.04. The molecule has 214 valence electrons.